The van der Waals surface area contributed by atoms with Gasteiger partial charge < -0.3 is 4.74 Å². The molecule has 1 aromatic heterocycles. The van der Waals surface area contributed by atoms with Crippen LogP contribution in [-0.4, -0.2) is 59.6 Å². The fraction of sp³-hybridized carbons (Fsp3) is 0.217. The van der Waals surface area contributed by atoms with Gasteiger partial charge in [-0.3, -0.25) is 9.80 Å². The molecule has 1 heterocycles. The molecule has 30 heavy (non-hydrogen) atoms. The number of hydrogen-bond donors (Lipinski definition) is 0. The Balaban J connectivity index is 2.02. The number of carbonyl (C=O) groups excluding carboxylic acids is 2. The number of amides is 1. The number of carbonyl (C=O) groups is 2. The molecular weight excluding hydrogens is 380 g/mol. The highest BCUT2D eigenvalue weighted by molar-refractivity contribution is 6.14. The number of fused-ring (bicyclic) bond motifs is 4. The maximum absolute atomic E-state index is 13.2. The van der Waals surface area contributed by atoms with Crippen LogP contribution in [0.4, 0.5) is 0 Å². The molecule has 0 saturated carbocycles. The lowest BCUT2D eigenvalue weighted by Gasteiger charge is -2.27. The molecule has 7 nitrogen and oxygen atoms in total. The van der Waals surface area contributed by atoms with E-state index >= 15 is 0 Å². The first kappa shape index (κ1) is 19.7. The lowest BCUT2D eigenvalue weighted by Crippen LogP contribution is -2.41. The minimum Gasteiger partial charge on any atom is -0.465 e. The number of esters is 1. The lowest BCUT2D eigenvalue weighted by molar-refractivity contribution is 0.0232. The highest BCUT2D eigenvalue weighted by Crippen LogP contribution is 2.29. The maximum Gasteiger partial charge on any atom is 0.338 e. The van der Waals surface area contributed by atoms with Crippen LogP contribution in [0.1, 0.15) is 27.6 Å². The van der Waals surface area contributed by atoms with Crippen LogP contribution in [0.25, 0.3) is 32.8 Å². The summed E-state index contributed by atoms with van der Waals surface area (Å²) in [4.78, 5) is 34.9. The van der Waals surface area contributed by atoms with Crippen molar-refractivity contribution >= 4 is 44.7 Å². The number of para-hydroxylation sites is 1. The van der Waals surface area contributed by atoms with E-state index in [0.29, 0.717) is 39.7 Å². The summed E-state index contributed by atoms with van der Waals surface area (Å²) >= 11 is 0. The number of nitrogens with zero attached hydrogens (tertiary/aromatic N) is 4. The van der Waals surface area contributed by atoms with E-state index in [-0.39, 0.29) is 5.91 Å². The summed E-state index contributed by atoms with van der Waals surface area (Å²) in [6.45, 7) is 2.46. The molecular formula is C23H22N4O3. The van der Waals surface area contributed by atoms with Gasteiger partial charge in [-0.1, -0.05) is 24.3 Å². The van der Waals surface area contributed by atoms with E-state index in [0.717, 1.165) is 10.8 Å². The van der Waals surface area contributed by atoms with Crippen LogP contribution in [-0.2, 0) is 4.74 Å². The first-order valence-electron chi connectivity index (χ1n) is 9.66. The van der Waals surface area contributed by atoms with Crippen LogP contribution in [0, 0.1) is 0 Å². The van der Waals surface area contributed by atoms with Crippen LogP contribution in [0.3, 0.4) is 0 Å². The zero-order chi connectivity index (χ0) is 21.4. The zero-order valence-electron chi connectivity index (χ0n) is 17.3. The van der Waals surface area contributed by atoms with E-state index in [4.69, 9.17) is 14.7 Å². The normalized spacial score (nSPS) is 11.4. The van der Waals surface area contributed by atoms with Gasteiger partial charge >= 0.3 is 5.97 Å². The van der Waals surface area contributed by atoms with Gasteiger partial charge in [-0.15, -0.1) is 0 Å². The second-order valence-corrected chi connectivity index (χ2v) is 7.09. The summed E-state index contributed by atoms with van der Waals surface area (Å²) < 4.78 is 4.91. The molecule has 0 atom stereocenters. The molecule has 0 spiro atoms. The van der Waals surface area contributed by atoms with Crippen LogP contribution in [0.2, 0.25) is 0 Å². The summed E-state index contributed by atoms with van der Waals surface area (Å²) in [5.41, 5.74) is 3.46. The van der Waals surface area contributed by atoms with Gasteiger partial charge in [-0.2, -0.15) is 0 Å². The van der Waals surface area contributed by atoms with Gasteiger partial charge in [-0.05, 0) is 36.6 Å². The van der Waals surface area contributed by atoms with Crippen molar-refractivity contribution in [2.75, 3.05) is 27.7 Å². The van der Waals surface area contributed by atoms with Crippen LogP contribution >= 0.6 is 0 Å². The van der Waals surface area contributed by atoms with Crippen LogP contribution < -0.4 is 0 Å². The molecule has 7 heteroatoms. The Hall–Kier alpha value is -3.58. The average molecular weight is 402 g/mol. The first-order chi connectivity index (χ1) is 14.5. The second-order valence-electron chi connectivity index (χ2n) is 7.09. The molecule has 4 aromatic rings. The Morgan fingerprint density at radius 2 is 1.57 bits per heavy atom. The van der Waals surface area contributed by atoms with Gasteiger partial charge in [0, 0.05) is 26.0 Å². The Morgan fingerprint density at radius 3 is 2.27 bits per heavy atom. The van der Waals surface area contributed by atoms with E-state index in [1.807, 2.05) is 51.4 Å². The van der Waals surface area contributed by atoms with Crippen molar-refractivity contribution in [3.8, 4) is 0 Å². The molecule has 0 radical (unpaired) electrons. The average Bonchev–Trinajstić information content (AvgIpc) is 2.76. The van der Waals surface area contributed by atoms with E-state index in [1.54, 1.807) is 28.2 Å². The molecule has 0 N–H and O–H groups in total. The highest BCUT2D eigenvalue weighted by Gasteiger charge is 2.21. The zero-order valence-corrected chi connectivity index (χ0v) is 17.3. The summed E-state index contributed by atoms with van der Waals surface area (Å²) in [5.74, 6) is -0.550. The fourth-order valence-corrected chi connectivity index (χ4v) is 3.73. The van der Waals surface area contributed by atoms with Crippen molar-refractivity contribution in [2.45, 2.75) is 6.92 Å². The Labute approximate surface area is 173 Å². The third kappa shape index (κ3) is 3.13. The lowest BCUT2D eigenvalue weighted by atomic mass is 10.0. The molecule has 1 amide bonds. The van der Waals surface area contributed by atoms with Gasteiger partial charge in [0.1, 0.15) is 5.52 Å². The van der Waals surface area contributed by atoms with Crippen molar-refractivity contribution in [2.24, 2.45) is 0 Å². The molecule has 0 bridgehead atoms. The molecule has 0 aliphatic carbocycles. The van der Waals surface area contributed by atoms with Gasteiger partial charge in [0.05, 0.1) is 34.8 Å². The fourth-order valence-electron chi connectivity index (χ4n) is 3.73. The molecule has 152 valence electrons. The summed E-state index contributed by atoms with van der Waals surface area (Å²) in [5, 5.41) is 4.91. The van der Waals surface area contributed by atoms with Crippen molar-refractivity contribution < 1.29 is 14.3 Å². The molecule has 3 aromatic carbocycles. The summed E-state index contributed by atoms with van der Waals surface area (Å²) in [7, 11) is 5.02. The van der Waals surface area contributed by atoms with E-state index < -0.39 is 5.97 Å². The molecule has 0 unspecified atom stereocenters. The number of ether oxygens (including phenoxy) is 1. The van der Waals surface area contributed by atoms with Crippen LogP contribution in [0.5, 0.6) is 0 Å². The van der Waals surface area contributed by atoms with E-state index in [2.05, 4.69) is 0 Å². The molecule has 0 fully saturated rings. The predicted molar refractivity (Wildman–Crippen MR) is 116 cm³/mol. The van der Waals surface area contributed by atoms with Gasteiger partial charge in [0.2, 0.25) is 0 Å². The first-order valence-corrected chi connectivity index (χ1v) is 9.66. The molecule has 0 saturated heterocycles. The third-order valence-electron chi connectivity index (χ3n) is 5.14. The molecule has 0 aliphatic rings. The highest BCUT2D eigenvalue weighted by atomic mass is 16.5. The monoisotopic (exact) mass is 402 g/mol. The number of hydrogen-bond acceptors (Lipinski definition) is 6. The van der Waals surface area contributed by atoms with Gasteiger partial charge in [-0.25, -0.2) is 19.8 Å². The van der Waals surface area contributed by atoms with Crippen molar-refractivity contribution in [3.63, 3.8) is 0 Å². The van der Waals surface area contributed by atoms with Crippen molar-refractivity contribution in [1.29, 1.82) is 0 Å². The van der Waals surface area contributed by atoms with Gasteiger partial charge in [0.25, 0.3) is 5.91 Å². The number of hydrazine groups is 1. The number of benzene rings is 3. The third-order valence-corrected chi connectivity index (χ3v) is 5.14. The number of methoxy groups -OCH3 is 1. The minimum absolute atomic E-state index is 0.141. The SMILES string of the molecule is CCN(C(=O)c1cccc2nc3ccc4c(C(=O)OC)cccc4c3nc12)N(C)C. The minimum atomic E-state index is -0.408. The van der Waals surface area contributed by atoms with Gasteiger partial charge in [0.15, 0.2) is 0 Å². The Kier molecular flexibility index (Phi) is 5.05. The Morgan fingerprint density at radius 1 is 0.867 bits per heavy atom. The van der Waals surface area contributed by atoms with Crippen molar-refractivity contribution in [3.05, 3.63) is 59.7 Å². The van der Waals surface area contributed by atoms with E-state index in [1.165, 1.54) is 7.11 Å². The number of rotatable bonds is 4. The predicted octanol–water partition coefficient (Wildman–Crippen LogP) is 3.66. The standard InChI is InChI=1S/C23H22N4O3/c1-5-27(26(2)3)22(28)17-10-7-11-18-21(17)25-20-15-8-6-9-16(23(29)30-4)14(15)12-13-19(20)24-18/h6-13H,5H2,1-4H3. The molecule has 0 aliphatic heterocycles. The largest absolute Gasteiger partial charge is 0.465 e. The summed E-state index contributed by atoms with van der Waals surface area (Å²) in [6.07, 6.45) is 0. The second kappa shape index (κ2) is 7.68. The Bertz CT molecular complexity index is 1300. The van der Waals surface area contributed by atoms with Crippen molar-refractivity contribution in [1.82, 2.24) is 20.0 Å². The van der Waals surface area contributed by atoms with E-state index in [9.17, 15) is 9.59 Å². The topological polar surface area (TPSA) is 75.6 Å². The molecule has 4 rings (SSSR count). The summed E-state index contributed by atoms with van der Waals surface area (Å²) in [6, 6.07) is 14.5. The quantitative estimate of drug-likeness (QED) is 0.224. The van der Waals surface area contributed by atoms with Crippen LogP contribution in [0.15, 0.2) is 48.5 Å². The smallest absolute Gasteiger partial charge is 0.338 e. The maximum atomic E-state index is 13.2. The number of aromatic nitrogens is 2.